The molecule has 12 nitrogen and oxygen atoms in total. The van der Waals surface area contributed by atoms with Crippen molar-refractivity contribution in [1.82, 2.24) is 0 Å². The van der Waals surface area contributed by atoms with Crippen LogP contribution in [-0.4, -0.2) is 19.7 Å². The molecule has 0 spiro atoms. The second kappa shape index (κ2) is 5.51. The summed E-state index contributed by atoms with van der Waals surface area (Å²) in [6.45, 7) is 0. The molecule has 0 N–H and O–H groups in total. The van der Waals surface area contributed by atoms with Crippen LogP contribution in [0.4, 0.5) is 22.7 Å². The van der Waals surface area contributed by atoms with Crippen LogP contribution in [0.5, 0.6) is 0 Å². The zero-order valence-corrected chi connectivity index (χ0v) is 13.5. The van der Waals surface area contributed by atoms with E-state index in [-0.39, 0.29) is 10.8 Å². The van der Waals surface area contributed by atoms with E-state index in [1.165, 1.54) is 18.2 Å². The van der Waals surface area contributed by atoms with Crippen molar-refractivity contribution in [1.29, 1.82) is 0 Å². The molecule has 0 saturated heterocycles. The van der Waals surface area contributed by atoms with Gasteiger partial charge in [0, 0.05) is 11.5 Å². The molecule has 0 bridgehead atoms. The molecular weight excluding hydrogens is 376 g/mol. The largest absolute Gasteiger partial charge is 0.423 e. The van der Waals surface area contributed by atoms with Gasteiger partial charge >= 0.3 is 17.1 Å². The predicted octanol–water partition coefficient (Wildman–Crippen LogP) is 4.22. The summed E-state index contributed by atoms with van der Waals surface area (Å²) in [4.78, 5) is 42.0. The lowest BCUT2D eigenvalue weighted by Gasteiger charge is -2.11. The highest BCUT2D eigenvalue weighted by molar-refractivity contribution is 6.30. The lowest BCUT2D eigenvalue weighted by molar-refractivity contribution is -0.439. The molecular formula is C16H6N4O8. The van der Waals surface area contributed by atoms with Gasteiger partial charge in [0.05, 0.1) is 25.1 Å². The fraction of sp³-hybridized carbons (Fsp3) is 0. The Morgan fingerprint density at radius 3 is 1.75 bits per heavy atom. The van der Waals surface area contributed by atoms with E-state index in [1.807, 2.05) is 0 Å². The Kier molecular flexibility index (Phi) is 3.34. The van der Waals surface area contributed by atoms with Crippen molar-refractivity contribution in [3.8, 4) is 0 Å². The van der Waals surface area contributed by atoms with Crippen LogP contribution < -0.4 is 0 Å². The Balaban J connectivity index is 2.52. The molecule has 0 aliphatic carbocycles. The predicted molar refractivity (Wildman–Crippen MR) is 96.8 cm³/mol. The molecule has 4 aromatic rings. The van der Waals surface area contributed by atoms with Crippen LogP contribution in [0.2, 0.25) is 0 Å². The maximum absolute atomic E-state index is 11.7. The number of hydrogen-bond donors (Lipinski definition) is 0. The SMILES string of the molecule is O=[N+]([O-])c1c([N+](=O)[O-])c2ccc3cccc4cc([N+](=O)[O-])c(c1[N+](=O)[O-])c2c34. The summed E-state index contributed by atoms with van der Waals surface area (Å²) in [7, 11) is 0. The van der Waals surface area contributed by atoms with Crippen LogP contribution in [0, 0.1) is 40.5 Å². The van der Waals surface area contributed by atoms with Gasteiger partial charge in [0.2, 0.25) is 0 Å². The van der Waals surface area contributed by atoms with E-state index in [9.17, 15) is 40.5 Å². The van der Waals surface area contributed by atoms with Gasteiger partial charge in [0.1, 0.15) is 5.39 Å². The molecule has 4 aromatic carbocycles. The van der Waals surface area contributed by atoms with Crippen LogP contribution in [0.1, 0.15) is 0 Å². The summed E-state index contributed by atoms with van der Waals surface area (Å²) in [5, 5.41) is 46.6. The maximum atomic E-state index is 11.7. The van der Waals surface area contributed by atoms with Gasteiger partial charge in [-0.1, -0.05) is 24.3 Å². The van der Waals surface area contributed by atoms with Gasteiger partial charge < -0.3 is 0 Å². The van der Waals surface area contributed by atoms with Gasteiger partial charge in [0.15, 0.2) is 0 Å². The standard InChI is InChI=1S/C16H6N4O8/c21-17(22)10-6-8-3-1-2-7-4-5-9-12(11(7)8)13(10)15(19(25)26)16(20(27)28)14(9)18(23)24/h1-6H. The molecule has 0 aliphatic heterocycles. The first-order valence-electron chi connectivity index (χ1n) is 7.59. The van der Waals surface area contributed by atoms with Crippen molar-refractivity contribution in [3.63, 3.8) is 0 Å². The number of nitro groups is 4. The van der Waals surface area contributed by atoms with E-state index in [1.54, 1.807) is 12.1 Å². The smallest absolute Gasteiger partial charge is 0.258 e. The van der Waals surface area contributed by atoms with E-state index in [0.717, 1.165) is 6.07 Å². The summed E-state index contributed by atoms with van der Waals surface area (Å²) in [5.41, 5.74) is -4.46. The molecule has 0 aromatic heterocycles. The van der Waals surface area contributed by atoms with Crippen LogP contribution in [0.15, 0.2) is 36.4 Å². The van der Waals surface area contributed by atoms with E-state index >= 15 is 0 Å². The number of non-ortho nitro benzene ring substituents is 1. The first-order valence-corrected chi connectivity index (χ1v) is 7.59. The van der Waals surface area contributed by atoms with Crippen LogP contribution in [-0.2, 0) is 0 Å². The van der Waals surface area contributed by atoms with Crippen LogP contribution >= 0.6 is 0 Å². The topological polar surface area (TPSA) is 173 Å². The summed E-state index contributed by atoms with van der Waals surface area (Å²) in [6.07, 6.45) is 0. The highest BCUT2D eigenvalue weighted by atomic mass is 16.7. The molecule has 4 rings (SSSR count). The average Bonchev–Trinajstić information content (AvgIpc) is 2.63. The van der Waals surface area contributed by atoms with E-state index in [4.69, 9.17) is 0 Å². The molecule has 0 fully saturated rings. The number of hydrogen-bond acceptors (Lipinski definition) is 8. The third-order valence-electron chi connectivity index (χ3n) is 4.56. The van der Waals surface area contributed by atoms with Gasteiger partial charge in [-0.3, -0.25) is 40.5 Å². The van der Waals surface area contributed by atoms with Gasteiger partial charge in [-0.2, -0.15) is 0 Å². The van der Waals surface area contributed by atoms with Crippen molar-refractivity contribution in [2.45, 2.75) is 0 Å². The zero-order valence-electron chi connectivity index (χ0n) is 13.5. The molecule has 138 valence electrons. The first-order chi connectivity index (χ1) is 13.2. The Morgan fingerprint density at radius 1 is 0.571 bits per heavy atom. The Labute approximate surface area is 152 Å². The van der Waals surface area contributed by atoms with Gasteiger partial charge in [0.25, 0.3) is 5.69 Å². The Hall–Kier alpha value is -4.48. The van der Waals surface area contributed by atoms with Crippen molar-refractivity contribution >= 4 is 55.1 Å². The summed E-state index contributed by atoms with van der Waals surface area (Å²) in [5.74, 6) is 0. The summed E-state index contributed by atoms with van der Waals surface area (Å²) < 4.78 is 0. The number of nitrogens with zero attached hydrogens (tertiary/aromatic N) is 4. The van der Waals surface area contributed by atoms with Crippen molar-refractivity contribution in [3.05, 3.63) is 76.9 Å². The molecule has 12 heteroatoms. The van der Waals surface area contributed by atoms with Crippen molar-refractivity contribution in [2.24, 2.45) is 0 Å². The lowest BCUT2D eigenvalue weighted by Crippen LogP contribution is -2.05. The minimum Gasteiger partial charge on any atom is -0.258 e. The minimum absolute atomic E-state index is 0.119. The summed E-state index contributed by atoms with van der Waals surface area (Å²) >= 11 is 0. The Bertz CT molecular complexity index is 1380. The number of benzene rings is 4. The van der Waals surface area contributed by atoms with E-state index in [2.05, 4.69) is 0 Å². The molecule has 0 unspecified atom stereocenters. The molecule has 0 radical (unpaired) electrons. The average molecular weight is 382 g/mol. The third-order valence-corrected chi connectivity index (χ3v) is 4.56. The van der Waals surface area contributed by atoms with Crippen molar-refractivity contribution < 1.29 is 19.7 Å². The fourth-order valence-electron chi connectivity index (χ4n) is 3.61. The van der Waals surface area contributed by atoms with Crippen molar-refractivity contribution in [2.75, 3.05) is 0 Å². The highest BCUT2D eigenvalue weighted by Crippen LogP contribution is 2.52. The quantitative estimate of drug-likeness (QED) is 0.286. The molecule has 0 heterocycles. The molecule has 0 saturated carbocycles. The van der Waals surface area contributed by atoms with Gasteiger partial charge in [-0.15, -0.1) is 0 Å². The first kappa shape index (κ1) is 17.0. The van der Waals surface area contributed by atoms with Crippen LogP contribution in [0.25, 0.3) is 32.3 Å². The zero-order chi connectivity index (χ0) is 20.3. The Morgan fingerprint density at radius 2 is 1.18 bits per heavy atom. The lowest BCUT2D eigenvalue weighted by atomic mass is 9.90. The van der Waals surface area contributed by atoms with Gasteiger partial charge in [-0.05, 0) is 22.2 Å². The number of rotatable bonds is 4. The number of nitro benzene ring substituents is 4. The van der Waals surface area contributed by atoms with Crippen LogP contribution in [0.3, 0.4) is 0 Å². The minimum atomic E-state index is -1.39. The fourth-order valence-corrected chi connectivity index (χ4v) is 3.61. The highest BCUT2D eigenvalue weighted by Gasteiger charge is 2.44. The van der Waals surface area contributed by atoms with E-state index in [0.29, 0.717) is 16.2 Å². The molecule has 0 amide bonds. The second-order valence-electron chi connectivity index (χ2n) is 5.91. The van der Waals surface area contributed by atoms with E-state index < -0.39 is 47.8 Å². The third kappa shape index (κ3) is 2.05. The normalized spacial score (nSPS) is 11.3. The second-order valence-corrected chi connectivity index (χ2v) is 5.91. The maximum Gasteiger partial charge on any atom is 0.423 e. The molecule has 0 atom stereocenters. The monoisotopic (exact) mass is 382 g/mol. The van der Waals surface area contributed by atoms with Gasteiger partial charge in [-0.25, -0.2) is 0 Å². The molecule has 28 heavy (non-hydrogen) atoms. The molecule has 0 aliphatic rings. The summed E-state index contributed by atoms with van der Waals surface area (Å²) in [6, 6.07) is 8.52.